The summed E-state index contributed by atoms with van der Waals surface area (Å²) in [6, 6.07) is 18.6. The van der Waals surface area contributed by atoms with Crippen LogP contribution >= 0.6 is 0 Å². The Balaban J connectivity index is 2.33. The van der Waals surface area contributed by atoms with E-state index in [-0.39, 0.29) is 6.04 Å². The molecule has 0 heterocycles. The molecular weight excluding hydrogens is 196 g/mol. The van der Waals surface area contributed by atoms with E-state index in [0.717, 1.165) is 5.69 Å². The molecule has 2 heteroatoms. The maximum atomic E-state index is 5.69. The second-order valence-electron chi connectivity index (χ2n) is 3.80. The number of nitrogen functional groups attached to an aromatic ring is 1. The Morgan fingerprint density at radius 3 is 2.00 bits per heavy atom. The zero-order chi connectivity index (χ0) is 11.4. The number of anilines is 1. The Bertz CT molecular complexity index is 434. The zero-order valence-electron chi connectivity index (χ0n) is 9.35. The summed E-state index contributed by atoms with van der Waals surface area (Å²) >= 11 is 0. The minimum Gasteiger partial charge on any atom is -0.399 e. The molecule has 0 spiro atoms. The van der Waals surface area contributed by atoms with E-state index in [1.807, 2.05) is 25.2 Å². The van der Waals surface area contributed by atoms with Crippen molar-refractivity contribution in [2.24, 2.45) is 0 Å². The number of rotatable bonds is 3. The third-order valence-corrected chi connectivity index (χ3v) is 2.69. The molecule has 0 fully saturated rings. The second kappa shape index (κ2) is 4.81. The van der Waals surface area contributed by atoms with E-state index in [0.29, 0.717) is 0 Å². The monoisotopic (exact) mass is 212 g/mol. The second-order valence-corrected chi connectivity index (χ2v) is 3.80. The average molecular weight is 212 g/mol. The standard InChI is InChI=1S/C14H16N2/c1-16-14(11-5-3-2-4-6-11)12-7-9-13(15)10-8-12/h2-10,14,16H,15H2,1H3. The van der Waals surface area contributed by atoms with Crippen LogP contribution in [0.25, 0.3) is 0 Å². The summed E-state index contributed by atoms with van der Waals surface area (Å²) in [4.78, 5) is 0. The maximum absolute atomic E-state index is 5.69. The third-order valence-electron chi connectivity index (χ3n) is 2.69. The Hall–Kier alpha value is -1.80. The van der Waals surface area contributed by atoms with Crippen LogP contribution in [0, 0.1) is 0 Å². The summed E-state index contributed by atoms with van der Waals surface area (Å²) in [6.45, 7) is 0. The van der Waals surface area contributed by atoms with E-state index in [9.17, 15) is 0 Å². The molecule has 0 aliphatic carbocycles. The number of hydrogen-bond donors (Lipinski definition) is 2. The highest BCUT2D eigenvalue weighted by Gasteiger charge is 2.10. The van der Waals surface area contributed by atoms with Gasteiger partial charge >= 0.3 is 0 Å². The van der Waals surface area contributed by atoms with Gasteiger partial charge in [-0.05, 0) is 30.3 Å². The smallest absolute Gasteiger partial charge is 0.0574 e. The summed E-state index contributed by atoms with van der Waals surface area (Å²) in [6.07, 6.45) is 0. The summed E-state index contributed by atoms with van der Waals surface area (Å²) in [5.74, 6) is 0. The molecule has 0 aliphatic rings. The highest BCUT2D eigenvalue weighted by Crippen LogP contribution is 2.22. The molecule has 0 amide bonds. The molecule has 0 saturated carbocycles. The van der Waals surface area contributed by atoms with Crippen LogP contribution in [0.3, 0.4) is 0 Å². The molecule has 2 aromatic carbocycles. The van der Waals surface area contributed by atoms with Gasteiger partial charge in [0.25, 0.3) is 0 Å². The Labute approximate surface area is 96.1 Å². The lowest BCUT2D eigenvalue weighted by atomic mass is 9.99. The zero-order valence-corrected chi connectivity index (χ0v) is 9.35. The highest BCUT2D eigenvalue weighted by molar-refractivity contribution is 5.42. The molecule has 1 unspecified atom stereocenters. The number of nitrogens with two attached hydrogens (primary N) is 1. The predicted molar refractivity (Wildman–Crippen MR) is 68.2 cm³/mol. The van der Waals surface area contributed by atoms with E-state index in [1.54, 1.807) is 0 Å². The minimum atomic E-state index is 0.224. The first-order chi connectivity index (χ1) is 7.81. The fourth-order valence-electron chi connectivity index (χ4n) is 1.86. The molecule has 3 N–H and O–H groups in total. The van der Waals surface area contributed by atoms with Gasteiger partial charge in [0.05, 0.1) is 6.04 Å². The average Bonchev–Trinajstić information content (AvgIpc) is 2.34. The van der Waals surface area contributed by atoms with Gasteiger partial charge in [-0.2, -0.15) is 0 Å². The van der Waals surface area contributed by atoms with Gasteiger partial charge in [0.1, 0.15) is 0 Å². The summed E-state index contributed by atoms with van der Waals surface area (Å²) in [5, 5.41) is 3.31. The van der Waals surface area contributed by atoms with Gasteiger partial charge in [-0.15, -0.1) is 0 Å². The van der Waals surface area contributed by atoms with Crippen LogP contribution in [-0.4, -0.2) is 7.05 Å². The molecule has 0 bridgehead atoms. The van der Waals surface area contributed by atoms with Crippen molar-refractivity contribution in [3.63, 3.8) is 0 Å². The van der Waals surface area contributed by atoms with Crippen LogP contribution in [0.15, 0.2) is 54.6 Å². The van der Waals surface area contributed by atoms with E-state index >= 15 is 0 Å². The minimum absolute atomic E-state index is 0.224. The molecule has 0 aromatic heterocycles. The molecule has 82 valence electrons. The first-order valence-electron chi connectivity index (χ1n) is 5.39. The van der Waals surface area contributed by atoms with Crippen molar-refractivity contribution in [3.05, 3.63) is 65.7 Å². The Morgan fingerprint density at radius 1 is 0.875 bits per heavy atom. The van der Waals surface area contributed by atoms with Crippen LogP contribution in [0.5, 0.6) is 0 Å². The SMILES string of the molecule is CNC(c1ccccc1)c1ccc(N)cc1. The van der Waals surface area contributed by atoms with Crippen LogP contribution in [0.1, 0.15) is 17.2 Å². The normalized spacial score (nSPS) is 12.3. The lowest BCUT2D eigenvalue weighted by Crippen LogP contribution is -2.17. The molecule has 1 atom stereocenters. The van der Waals surface area contributed by atoms with Crippen molar-refractivity contribution >= 4 is 5.69 Å². The molecule has 0 aliphatic heterocycles. The van der Waals surface area contributed by atoms with E-state index in [2.05, 4.69) is 41.7 Å². The van der Waals surface area contributed by atoms with Crippen molar-refractivity contribution in [2.75, 3.05) is 12.8 Å². The summed E-state index contributed by atoms with van der Waals surface area (Å²) < 4.78 is 0. The molecular formula is C14H16N2. The molecule has 2 nitrogen and oxygen atoms in total. The molecule has 2 rings (SSSR count). The topological polar surface area (TPSA) is 38.0 Å². The third kappa shape index (κ3) is 2.23. The number of hydrogen-bond acceptors (Lipinski definition) is 2. The van der Waals surface area contributed by atoms with Crippen LogP contribution in [0.4, 0.5) is 5.69 Å². The van der Waals surface area contributed by atoms with E-state index in [4.69, 9.17) is 5.73 Å². The van der Waals surface area contributed by atoms with Crippen molar-refractivity contribution < 1.29 is 0 Å². The lowest BCUT2D eigenvalue weighted by molar-refractivity contribution is 0.692. The van der Waals surface area contributed by atoms with Gasteiger partial charge < -0.3 is 11.1 Å². The van der Waals surface area contributed by atoms with Gasteiger partial charge in [-0.25, -0.2) is 0 Å². The van der Waals surface area contributed by atoms with Gasteiger partial charge in [0.15, 0.2) is 0 Å². The van der Waals surface area contributed by atoms with Gasteiger partial charge in [0, 0.05) is 5.69 Å². The van der Waals surface area contributed by atoms with Crippen molar-refractivity contribution in [2.45, 2.75) is 6.04 Å². The van der Waals surface area contributed by atoms with Gasteiger partial charge in [-0.1, -0.05) is 42.5 Å². The largest absolute Gasteiger partial charge is 0.399 e. The van der Waals surface area contributed by atoms with Gasteiger partial charge in [-0.3, -0.25) is 0 Å². The lowest BCUT2D eigenvalue weighted by Gasteiger charge is -2.17. The molecule has 0 radical (unpaired) electrons. The highest BCUT2D eigenvalue weighted by atomic mass is 14.9. The fraction of sp³-hybridized carbons (Fsp3) is 0.143. The predicted octanol–water partition coefficient (Wildman–Crippen LogP) is 2.58. The maximum Gasteiger partial charge on any atom is 0.0574 e. The molecule has 16 heavy (non-hydrogen) atoms. The van der Waals surface area contributed by atoms with Crippen LogP contribution in [-0.2, 0) is 0 Å². The summed E-state index contributed by atoms with van der Waals surface area (Å²) in [5.41, 5.74) is 8.97. The van der Waals surface area contributed by atoms with E-state index < -0.39 is 0 Å². The quantitative estimate of drug-likeness (QED) is 0.767. The van der Waals surface area contributed by atoms with Crippen molar-refractivity contribution in [1.82, 2.24) is 5.32 Å². The first-order valence-corrected chi connectivity index (χ1v) is 5.39. The molecule has 2 aromatic rings. The van der Waals surface area contributed by atoms with Gasteiger partial charge in [0.2, 0.25) is 0 Å². The fourth-order valence-corrected chi connectivity index (χ4v) is 1.86. The Kier molecular flexibility index (Phi) is 3.22. The first kappa shape index (κ1) is 10.7. The van der Waals surface area contributed by atoms with Crippen LogP contribution in [0.2, 0.25) is 0 Å². The number of nitrogens with one attached hydrogen (secondary N) is 1. The summed E-state index contributed by atoms with van der Waals surface area (Å²) in [7, 11) is 1.97. The Morgan fingerprint density at radius 2 is 1.44 bits per heavy atom. The van der Waals surface area contributed by atoms with Crippen molar-refractivity contribution in [3.8, 4) is 0 Å². The van der Waals surface area contributed by atoms with E-state index in [1.165, 1.54) is 11.1 Å². The van der Waals surface area contributed by atoms with Crippen LogP contribution < -0.4 is 11.1 Å². The number of benzene rings is 2. The van der Waals surface area contributed by atoms with Crippen molar-refractivity contribution in [1.29, 1.82) is 0 Å². The molecule has 0 saturated heterocycles.